The largest absolute Gasteiger partial charge is 0.495 e. The molecule has 0 bridgehead atoms. The van der Waals surface area contributed by atoms with Gasteiger partial charge in [0.25, 0.3) is 5.91 Å². The van der Waals surface area contributed by atoms with Crippen LogP contribution < -0.4 is 14.8 Å². The van der Waals surface area contributed by atoms with Crippen LogP contribution in [-0.4, -0.2) is 24.5 Å². The highest BCUT2D eigenvalue weighted by molar-refractivity contribution is 6.05. The van der Waals surface area contributed by atoms with E-state index in [2.05, 4.69) is 5.32 Å². The van der Waals surface area contributed by atoms with Crippen molar-refractivity contribution in [1.82, 2.24) is 0 Å². The fourth-order valence-electron chi connectivity index (χ4n) is 2.19. The third kappa shape index (κ3) is 3.81. The van der Waals surface area contributed by atoms with Crippen LogP contribution in [0.3, 0.4) is 0 Å². The van der Waals surface area contributed by atoms with Crippen molar-refractivity contribution in [3.63, 3.8) is 0 Å². The lowest BCUT2D eigenvalue weighted by Gasteiger charge is -2.11. The lowest BCUT2D eigenvalue weighted by Crippen LogP contribution is -2.13. The van der Waals surface area contributed by atoms with Gasteiger partial charge in [0.15, 0.2) is 5.75 Å². The average molecular weight is 330 g/mol. The van der Waals surface area contributed by atoms with Gasteiger partial charge in [0.2, 0.25) is 0 Å². The Morgan fingerprint density at radius 2 is 1.92 bits per heavy atom. The van der Waals surface area contributed by atoms with Crippen LogP contribution >= 0.6 is 0 Å². The van der Waals surface area contributed by atoms with Gasteiger partial charge in [-0.3, -0.25) is 14.9 Å². The molecule has 24 heavy (non-hydrogen) atoms. The number of nitro benzene ring substituents is 1. The van der Waals surface area contributed by atoms with E-state index in [9.17, 15) is 14.9 Å². The third-order valence-electron chi connectivity index (χ3n) is 3.32. The Balaban J connectivity index is 2.32. The zero-order valence-electron chi connectivity index (χ0n) is 13.7. The zero-order valence-corrected chi connectivity index (χ0v) is 13.7. The Bertz CT molecular complexity index is 774. The summed E-state index contributed by atoms with van der Waals surface area (Å²) in [6.07, 6.45) is 0. The first kappa shape index (κ1) is 17.3. The topological polar surface area (TPSA) is 90.7 Å². The highest BCUT2D eigenvalue weighted by atomic mass is 16.6. The molecule has 0 radical (unpaired) electrons. The van der Waals surface area contributed by atoms with Crippen molar-refractivity contribution >= 4 is 17.3 Å². The molecule has 0 aliphatic carbocycles. The molecule has 0 saturated carbocycles. The van der Waals surface area contributed by atoms with Crippen molar-refractivity contribution < 1.29 is 19.2 Å². The minimum atomic E-state index is -0.574. The van der Waals surface area contributed by atoms with Gasteiger partial charge in [-0.2, -0.15) is 0 Å². The number of hydrogen-bond donors (Lipinski definition) is 1. The Morgan fingerprint density at radius 3 is 2.54 bits per heavy atom. The third-order valence-corrected chi connectivity index (χ3v) is 3.32. The summed E-state index contributed by atoms with van der Waals surface area (Å²) in [5.74, 6) is 0.173. The molecule has 1 N–H and O–H groups in total. The molecular weight excluding hydrogens is 312 g/mol. The zero-order chi connectivity index (χ0) is 17.7. The van der Waals surface area contributed by atoms with Gasteiger partial charge >= 0.3 is 5.69 Å². The second-order valence-corrected chi connectivity index (χ2v) is 5.03. The number of carbonyl (C=O) groups excluding carboxylic acids is 1. The van der Waals surface area contributed by atoms with Crippen LogP contribution in [0.25, 0.3) is 0 Å². The van der Waals surface area contributed by atoms with Crippen LogP contribution in [0.2, 0.25) is 0 Å². The summed E-state index contributed by atoms with van der Waals surface area (Å²) in [5, 5.41) is 13.9. The number of nitrogens with zero attached hydrogens (tertiary/aromatic N) is 1. The molecule has 0 aromatic heterocycles. The number of nitro groups is 1. The number of amides is 1. The van der Waals surface area contributed by atoms with Gasteiger partial charge in [-0.15, -0.1) is 0 Å². The molecule has 7 nitrogen and oxygen atoms in total. The quantitative estimate of drug-likeness (QED) is 0.646. The van der Waals surface area contributed by atoms with Gasteiger partial charge in [-0.1, -0.05) is 6.07 Å². The second kappa shape index (κ2) is 7.45. The van der Waals surface area contributed by atoms with E-state index in [-0.39, 0.29) is 17.0 Å². The van der Waals surface area contributed by atoms with Crippen molar-refractivity contribution in [2.24, 2.45) is 0 Å². The first-order valence-corrected chi connectivity index (χ1v) is 7.33. The second-order valence-electron chi connectivity index (χ2n) is 5.03. The maximum Gasteiger partial charge on any atom is 0.311 e. The van der Waals surface area contributed by atoms with Gasteiger partial charge in [0.05, 0.1) is 24.3 Å². The number of rotatable bonds is 6. The summed E-state index contributed by atoms with van der Waals surface area (Å²) >= 11 is 0. The fourth-order valence-corrected chi connectivity index (χ4v) is 2.19. The minimum Gasteiger partial charge on any atom is -0.495 e. The van der Waals surface area contributed by atoms with Crippen LogP contribution in [0.15, 0.2) is 36.4 Å². The predicted octanol–water partition coefficient (Wildman–Crippen LogP) is 3.56. The molecule has 0 unspecified atom stereocenters. The number of carbonyl (C=O) groups is 1. The van der Waals surface area contributed by atoms with Gasteiger partial charge in [0, 0.05) is 11.6 Å². The van der Waals surface area contributed by atoms with E-state index in [0.717, 1.165) is 5.56 Å². The molecule has 0 aliphatic rings. The molecule has 2 rings (SSSR count). The maximum atomic E-state index is 12.4. The number of anilines is 1. The van der Waals surface area contributed by atoms with Crippen LogP contribution in [0.5, 0.6) is 11.5 Å². The van der Waals surface area contributed by atoms with Crippen molar-refractivity contribution in [3.05, 3.63) is 57.6 Å². The molecule has 0 aliphatic heterocycles. The maximum absolute atomic E-state index is 12.4. The van der Waals surface area contributed by atoms with Gasteiger partial charge in [-0.25, -0.2) is 0 Å². The Labute approximate surface area is 139 Å². The lowest BCUT2D eigenvalue weighted by atomic mass is 10.1. The number of benzene rings is 2. The van der Waals surface area contributed by atoms with E-state index in [1.54, 1.807) is 19.1 Å². The Kier molecular flexibility index (Phi) is 5.36. The number of hydrogen-bond acceptors (Lipinski definition) is 5. The monoisotopic (exact) mass is 330 g/mol. The molecule has 0 atom stereocenters. The Hall–Kier alpha value is -3.09. The molecule has 0 fully saturated rings. The van der Waals surface area contributed by atoms with Crippen LogP contribution in [0.4, 0.5) is 11.4 Å². The summed E-state index contributed by atoms with van der Waals surface area (Å²) in [4.78, 5) is 23.0. The normalized spacial score (nSPS) is 10.1. The molecule has 0 saturated heterocycles. The van der Waals surface area contributed by atoms with Crippen molar-refractivity contribution in [2.45, 2.75) is 13.8 Å². The molecule has 2 aromatic rings. The van der Waals surface area contributed by atoms with Gasteiger partial charge in [0.1, 0.15) is 5.75 Å². The first-order chi connectivity index (χ1) is 11.5. The van der Waals surface area contributed by atoms with E-state index in [1.165, 1.54) is 25.3 Å². The van der Waals surface area contributed by atoms with Crippen LogP contribution in [0.1, 0.15) is 22.8 Å². The molecule has 0 heterocycles. The van der Waals surface area contributed by atoms with Crippen molar-refractivity contribution in [1.29, 1.82) is 0 Å². The molecule has 126 valence electrons. The van der Waals surface area contributed by atoms with Crippen LogP contribution in [0, 0.1) is 17.0 Å². The van der Waals surface area contributed by atoms with Gasteiger partial charge in [-0.05, 0) is 43.7 Å². The summed E-state index contributed by atoms with van der Waals surface area (Å²) in [5.41, 5.74) is 1.36. The SMILES string of the molecule is CCOc1ccc(C(=O)Nc2cc(C)ccc2OC)cc1[N+](=O)[O-]. The standard InChI is InChI=1S/C17H18N2O5/c1-4-24-16-8-6-12(10-14(16)19(21)22)17(20)18-13-9-11(2)5-7-15(13)23-3/h5-10H,4H2,1-3H3,(H,18,20). The van der Waals surface area contributed by atoms with Crippen molar-refractivity contribution in [2.75, 3.05) is 19.0 Å². The van der Waals surface area contributed by atoms with E-state index >= 15 is 0 Å². The Morgan fingerprint density at radius 1 is 1.21 bits per heavy atom. The highest BCUT2D eigenvalue weighted by Crippen LogP contribution is 2.29. The first-order valence-electron chi connectivity index (χ1n) is 7.33. The van der Waals surface area contributed by atoms with Crippen LogP contribution in [-0.2, 0) is 0 Å². The minimum absolute atomic E-state index is 0.132. The van der Waals surface area contributed by atoms with E-state index < -0.39 is 10.8 Å². The molecular formula is C17H18N2O5. The number of aryl methyl sites for hydroxylation is 1. The van der Waals surface area contributed by atoms with Crippen molar-refractivity contribution in [3.8, 4) is 11.5 Å². The molecule has 0 spiro atoms. The summed E-state index contributed by atoms with van der Waals surface area (Å²) in [6.45, 7) is 3.91. The number of ether oxygens (including phenoxy) is 2. The summed E-state index contributed by atoms with van der Waals surface area (Å²) in [6, 6.07) is 9.46. The summed E-state index contributed by atoms with van der Waals surface area (Å²) in [7, 11) is 1.50. The molecule has 7 heteroatoms. The number of methoxy groups -OCH3 is 1. The van der Waals surface area contributed by atoms with E-state index in [4.69, 9.17) is 9.47 Å². The lowest BCUT2D eigenvalue weighted by molar-refractivity contribution is -0.385. The molecule has 2 aromatic carbocycles. The molecule has 1 amide bonds. The summed E-state index contributed by atoms with van der Waals surface area (Å²) < 4.78 is 10.4. The smallest absolute Gasteiger partial charge is 0.311 e. The number of nitrogens with one attached hydrogen (secondary N) is 1. The fraction of sp³-hybridized carbons (Fsp3) is 0.235. The average Bonchev–Trinajstić information content (AvgIpc) is 2.55. The predicted molar refractivity (Wildman–Crippen MR) is 89.9 cm³/mol. The van der Waals surface area contributed by atoms with Gasteiger partial charge < -0.3 is 14.8 Å². The highest BCUT2D eigenvalue weighted by Gasteiger charge is 2.19. The van der Waals surface area contributed by atoms with E-state index in [0.29, 0.717) is 18.0 Å². The van der Waals surface area contributed by atoms with E-state index in [1.807, 2.05) is 13.0 Å².